The van der Waals surface area contributed by atoms with Crippen molar-refractivity contribution in [3.05, 3.63) is 17.0 Å². The average molecular weight is 254 g/mol. The molecule has 0 bridgehead atoms. The number of anilines is 1. The van der Waals surface area contributed by atoms with Crippen LogP contribution in [0.5, 0.6) is 0 Å². The Morgan fingerprint density at radius 1 is 1.38 bits per heavy atom. The molecule has 0 aromatic carbocycles. The van der Waals surface area contributed by atoms with E-state index in [0.29, 0.717) is 17.9 Å². The van der Waals surface area contributed by atoms with Crippen molar-refractivity contribution in [3.63, 3.8) is 0 Å². The Bertz CT molecular complexity index is 354. The minimum absolute atomic E-state index is 0.0360. The SMILES string of the molecule is CCc1cc(NCCC(F)(F)F)nc(Cl)n1. The molecule has 1 rings (SSSR count). The van der Waals surface area contributed by atoms with Crippen LogP contribution in [0.15, 0.2) is 6.07 Å². The van der Waals surface area contributed by atoms with E-state index in [-0.39, 0.29) is 11.8 Å². The second-order valence-electron chi connectivity index (χ2n) is 3.16. The number of hydrogen-bond donors (Lipinski definition) is 1. The topological polar surface area (TPSA) is 37.8 Å². The molecule has 1 aromatic rings. The van der Waals surface area contributed by atoms with Gasteiger partial charge in [-0.2, -0.15) is 13.2 Å². The third-order valence-electron chi connectivity index (χ3n) is 1.83. The summed E-state index contributed by atoms with van der Waals surface area (Å²) in [6, 6.07) is 1.59. The van der Waals surface area contributed by atoms with Gasteiger partial charge in [0.15, 0.2) is 0 Å². The van der Waals surface area contributed by atoms with Crippen molar-refractivity contribution in [1.82, 2.24) is 9.97 Å². The van der Waals surface area contributed by atoms with Gasteiger partial charge in [-0.15, -0.1) is 0 Å². The molecule has 7 heteroatoms. The van der Waals surface area contributed by atoms with E-state index in [9.17, 15) is 13.2 Å². The smallest absolute Gasteiger partial charge is 0.370 e. The Balaban J connectivity index is 2.57. The number of hydrogen-bond acceptors (Lipinski definition) is 3. The Labute approximate surface area is 96.0 Å². The van der Waals surface area contributed by atoms with Crippen molar-refractivity contribution in [2.75, 3.05) is 11.9 Å². The normalized spacial score (nSPS) is 11.6. The van der Waals surface area contributed by atoms with Crippen molar-refractivity contribution in [2.24, 2.45) is 0 Å². The third-order valence-corrected chi connectivity index (χ3v) is 2.00. The number of alkyl halides is 3. The van der Waals surface area contributed by atoms with Gasteiger partial charge in [-0.05, 0) is 18.0 Å². The molecule has 16 heavy (non-hydrogen) atoms. The summed E-state index contributed by atoms with van der Waals surface area (Å²) >= 11 is 5.61. The molecule has 0 aliphatic heterocycles. The van der Waals surface area contributed by atoms with Gasteiger partial charge in [0.05, 0.1) is 6.42 Å². The first-order valence-electron chi connectivity index (χ1n) is 4.75. The molecule has 1 N–H and O–H groups in total. The fourth-order valence-corrected chi connectivity index (χ4v) is 1.27. The molecule has 0 radical (unpaired) electrons. The predicted molar refractivity (Wildman–Crippen MR) is 55.6 cm³/mol. The average Bonchev–Trinajstić information content (AvgIpc) is 2.14. The molecule has 0 saturated heterocycles. The maximum Gasteiger partial charge on any atom is 0.390 e. The van der Waals surface area contributed by atoms with Crippen molar-refractivity contribution in [2.45, 2.75) is 25.9 Å². The standard InChI is InChI=1S/C9H11ClF3N3/c1-2-6-5-7(16-8(10)15-6)14-4-3-9(11,12)13/h5H,2-4H2,1H3,(H,14,15,16). The number of rotatable bonds is 4. The van der Waals surface area contributed by atoms with Crippen molar-refractivity contribution in [1.29, 1.82) is 0 Å². The van der Waals surface area contributed by atoms with Crippen LogP contribution in [0.1, 0.15) is 19.0 Å². The van der Waals surface area contributed by atoms with E-state index in [1.807, 2.05) is 6.92 Å². The lowest BCUT2D eigenvalue weighted by Crippen LogP contribution is -2.15. The summed E-state index contributed by atoms with van der Waals surface area (Å²) < 4.78 is 35.7. The van der Waals surface area contributed by atoms with E-state index in [4.69, 9.17) is 11.6 Å². The van der Waals surface area contributed by atoms with Crippen molar-refractivity contribution >= 4 is 17.4 Å². The van der Waals surface area contributed by atoms with Gasteiger partial charge in [0, 0.05) is 18.3 Å². The van der Waals surface area contributed by atoms with Gasteiger partial charge in [-0.25, -0.2) is 9.97 Å². The first-order chi connectivity index (χ1) is 7.40. The van der Waals surface area contributed by atoms with Gasteiger partial charge in [0.25, 0.3) is 0 Å². The second-order valence-corrected chi connectivity index (χ2v) is 3.50. The lowest BCUT2D eigenvalue weighted by molar-refractivity contribution is -0.131. The molecule has 0 unspecified atom stereocenters. The van der Waals surface area contributed by atoms with Crippen LogP contribution >= 0.6 is 11.6 Å². The Kier molecular flexibility index (Phi) is 4.35. The number of nitrogens with one attached hydrogen (secondary N) is 1. The zero-order chi connectivity index (χ0) is 12.2. The minimum Gasteiger partial charge on any atom is -0.370 e. The van der Waals surface area contributed by atoms with Crippen LogP contribution in [-0.4, -0.2) is 22.7 Å². The van der Waals surface area contributed by atoms with E-state index in [1.165, 1.54) is 0 Å². The van der Waals surface area contributed by atoms with Gasteiger partial charge in [0.2, 0.25) is 5.28 Å². The van der Waals surface area contributed by atoms with E-state index in [1.54, 1.807) is 6.07 Å². The highest BCUT2D eigenvalue weighted by Crippen LogP contribution is 2.19. The maximum absolute atomic E-state index is 11.9. The Morgan fingerprint density at radius 3 is 2.62 bits per heavy atom. The zero-order valence-corrected chi connectivity index (χ0v) is 9.36. The first kappa shape index (κ1) is 13.0. The van der Waals surface area contributed by atoms with Crippen LogP contribution in [-0.2, 0) is 6.42 Å². The molecule has 0 aliphatic rings. The molecule has 90 valence electrons. The Morgan fingerprint density at radius 2 is 2.06 bits per heavy atom. The first-order valence-corrected chi connectivity index (χ1v) is 5.12. The minimum atomic E-state index is -4.17. The summed E-state index contributed by atoms with van der Waals surface area (Å²) in [6.07, 6.45) is -4.43. The zero-order valence-electron chi connectivity index (χ0n) is 8.60. The molecule has 0 amide bonds. The molecule has 0 fully saturated rings. The van der Waals surface area contributed by atoms with Crippen LogP contribution in [0.2, 0.25) is 5.28 Å². The van der Waals surface area contributed by atoms with E-state index in [2.05, 4.69) is 15.3 Å². The fraction of sp³-hybridized carbons (Fsp3) is 0.556. The highest BCUT2D eigenvalue weighted by Gasteiger charge is 2.26. The quantitative estimate of drug-likeness (QED) is 0.838. The molecule has 0 spiro atoms. The van der Waals surface area contributed by atoms with Crippen LogP contribution in [0.3, 0.4) is 0 Å². The van der Waals surface area contributed by atoms with Gasteiger partial charge >= 0.3 is 6.18 Å². The Hall–Kier alpha value is -1.04. The monoisotopic (exact) mass is 253 g/mol. The number of halogens is 4. The molecule has 1 aromatic heterocycles. The fourth-order valence-electron chi connectivity index (χ4n) is 1.07. The highest BCUT2D eigenvalue weighted by atomic mass is 35.5. The molecule has 0 aliphatic carbocycles. The predicted octanol–water partition coefficient (Wildman–Crippen LogP) is 3.06. The van der Waals surface area contributed by atoms with Crippen LogP contribution in [0.25, 0.3) is 0 Å². The summed E-state index contributed by atoms with van der Waals surface area (Å²) in [5.41, 5.74) is 0.689. The lowest BCUT2D eigenvalue weighted by Gasteiger charge is -2.09. The maximum atomic E-state index is 11.9. The van der Waals surface area contributed by atoms with E-state index >= 15 is 0 Å². The van der Waals surface area contributed by atoms with E-state index in [0.717, 1.165) is 0 Å². The van der Waals surface area contributed by atoms with Crippen LogP contribution in [0.4, 0.5) is 19.0 Å². The summed E-state index contributed by atoms with van der Waals surface area (Å²) in [4.78, 5) is 7.68. The van der Waals surface area contributed by atoms with Crippen LogP contribution in [0, 0.1) is 0 Å². The van der Waals surface area contributed by atoms with Crippen LogP contribution < -0.4 is 5.32 Å². The van der Waals surface area contributed by atoms with Crippen molar-refractivity contribution in [3.8, 4) is 0 Å². The van der Waals surface area contributed by atoms with Gasteiger partial charge < -0.3 is 5.32 Å². The summed E-state index contributed by atoms with van der Waals surface area (Å²) in [5.74, 6) is 0.320. The third kappa shape index (κ3) is 4.65. The molecule has 1 heterocycles. The van der Waals surface area contributed by atoms with Gasteiger partial charge in [0.1, 0.15) is 5.82 Å². The van der Waals surface area contributed by atoms with Gasteiger partial charge in [-0.3, -0.25) is 0 Å². The van der Waals surface area contributed by atoms with Gasteiger partial charge in [-0.1, -0.05) is 6.92 Å². The number of aromatic nitrogens is 2. The largest absolute Gasteiger partial charge is 0.390 e. The number of aryl methyl sites for hydroxylation is 1. The summed E-state index contributed by atoms with van der Waals surface area (Å²) in [7, 11) is 0. The molecular weight excluding hydrogens is 243 g/mol. The summed E-state index contributed by atoms with van der Waals surface area (Å²) in [6.45, 7) is 1.65. The molecule has 0 atom stereocenters. The van der Waals surface area contributed by atoms with Crippen molar-refractivity contribution < 1.29 is 13.2 Å². The molecule has 3 nitrogen and oxygen atoms in total. The lowest BCUT2D eigenvalue weighted by atomic mass is 10.3. The molecular formula is C9H11ClF3N3. The second kappa shape index (κ2) is 5.34. The van der Waals surface area contributed by atoms with E-state index < -0.39 is 12.6 Å². The molecule has 0 saturated carbocycles. The highest BCUT2D eigenvalue weighted by molar-refractivity contribution is 6.28. The number of nitrogens with zero attached hydrogens (tertiary/aromatic N) is 2. The summed E-state index contributed by atoms with van der Waals surface area (Å²) in [5, 5.41) is 2.60.